The van der Waals surface area contributed by atoms with E-state index < -0.39 is 0 Å². The minimum atomic E-state index is 0.0163. The fourth-order valence-corrected chi connectivity index (χ4v) is 3.06. The molecule has 4 nitrogen and oxygen atoms in total. The summed E-state index contributed by atoms with van der Waals surface area (Å²) in [5, 5.41) is 9.80. The van der Waals surface area contributed by atoms with Crippen molar-refractivity contribution in [3.8, 4) is 11.9 Å². The zero-order chi connectivity index (χ0) is 15.5. The Bertz CT molecular complexity index is 732. The molecule has 3 rings (SSSR count). The second-order valence-corrected chi connectivity index (χ2v) is 6.36. The first kappa shape index (κ1) is 15.1. The standard InChI is InChI=1S/C16H13BrClN3O/c17-12-3-4-15(11(8-12)9-19)21-7-5-13(10-21)22-16-14(18)2-1-6-20-16/h1-4,6,8,13H,5,7,10H2/t13-/m1/s1. The lowest BCUT2D eigenvalue weighted by atomic mass is 10.2. The van der Waals surface area contributed by atoms with Gasteiger partial charge in [0.1, 0.15) is 17.2 Å². The number of nitrogens with zero attached hydrogens (tertiary/aromatic N) is 3. The Labute approximate surface area is 142 Å². The van der Waals surface area contributed by atoms with Crippen molar-refractivity contribution in [2.45, 2.75) is 12.5 Å². The molecule has 22 heavy (non-hydrogen) atoms. The number of rotatable bonds is 3. The van der Waals surface area contributed by atoms with E-state index in [-0.39, 0.29) is 6.10 Å². The molecule has 1 aliphatic heterocycles. The average molecular weight is 379 g/mol. The van der Waals surface area contributed by atoms with Crippen LogP contribution in [-0.2, 0) is 0 Å². The van der Waals surface area contributed by atoms with Crippen LogP contribution in [0.15, 0.2) is 41.0 Å². The van der Waals surface area contributed by atoms with E-state index in [1.165, 1.54) is 0 Å². The van der Waals surface area contributed by atoms with Crippen LogP contribution >= 0.6 is 27.5 Å². The molecule has 0 amide bonds. The SMILES string of the molecule is N#Cc1cc(Br)ccc1N1CC[C@@H](Oc2ncccc2Cl)C1. The zero-order valence-corrected chi connectivity index (χ0v) is 14.0. The van der Waals surface area contributed by atoms with Crippen LogP contribution in [-0.4, -0.2) is 24.2 Å². The van der Waals surface area contributed by atoms with Gasteiger partial charge in [0.05, 0.1) is 17.8 Å². The zero-order valence-electron chi connectivity index (χ0n) is 11.7. The van der Waals surface area contributed by atoms with Crippen LogP contribution in [0.25, 0.3) is 0 Å². The normalized spacial score (nSPS) is 17.3. The fourth-order valence-electron chi connectivity index (χ4n) is 2.53. The summed E-state index contributed by atoms with van der Waals surface area (Å²) in [4.78, 5) is 6.31. The molecule has 0 saturated carbocycles. The molecule has 0 spiro atoms. The summed E-state index contributed by atoms with van der Waals surface area (Å²) in [6, 6.07) is 11.5. The van der Waals surface area contributed by atoms with Gasteiger partial charge >= 0.3 is 0 Å². The minimum Gasteiger partial charge on any atom is -0.471 e. The van der Waals surface area contributed by atoms with Gasteiger partial charge in [0, 0.05) is 23.6 Å². The Balaban J connectivity index is 1.73. The van der Waals surface area contributed by atoms with Gasteiger partial charge in [0.25, 0.3) is 0 Å². The Morgan fingerprint density at radius 3 is 3.05 bits per heavy atom. The number of aromatic nitrogens is 1. The van der Waals surface area contributed by atoms with Gasteiger partial charge in [-0.3, -0.25) is 0 Å². The van der Waals surface area contributed by atoms with E-state index in [4.69, 9.17) is 16.3 Å². The Morgan fingerprint density at radius 1 is 1.41 bits per heavy atom. The maximum Gasteiger partial charge on any atom is 0.232 e. The lowest BCUT2D eigenvalue weighted by molar-refractivity contribution is 0.216. The maximum atomic E-state index is 9.28. The quantitative estimate of drug-likeness (QED) is 0.809. The second-order valence-electron chi connectivity index (χ2n) is 5.04. The van der Waals surface area contributed by atoms with E-state index in [0.29, 0.717) is 23.0 Å². The Kier molecular flexibility index (Phi) is 4.51. The topological polar surface area (TPSA) is 49.2 Å². The van der Waals surface area contributed by atoms with Crippen molar-refractivity contribution in [2.24, 2.45) is 0 Å². The Morgan fingerprint density at radius 2 is 2.27 bits per heavy atom. The largest absolute Gasteiger partial charge is 0.471 e. The van der Waals surface area contributed by atoms with Crippen molar-refractivity contribution in [3.63, 3.8) is 0 Å². The van der Waals surface area contributed by atoms with Gasteiger partial charge in [-0.15, -0.1) is 0 Å². The molecule has 112 valence electrons. The summed E-state index contributed by atoms with van der Waals surface area (Å²) in [7, 11) is 0. The lowest BCUT2D eigenvalue weighted by Gasteiger charge is -2.20. The molecule has 0 N–H and O–H groups in total. The third-order valence-electron chi connectivity index (χ3n) is 3.57. The van der Waals surface area contributed by atoms with E-state index in [1.807, 2.05) is 18.2 Å². The molecule has 1 saturated heterocycles. The molecular formula is C16H13BrClN3O. The van der Waals surface area contributed by atoms with Gasteiger partial charge < -0.3 is 9.64 Å². The van der Waals surface area contributed by atoms with E-state index in [1.54, 1.807) is 18.3 Å². The molecule has 0 radical (unpaired) electrons. The molecular weight excluding hydrogens is 366 g/mol. The molecule has 0 bridgehead atoms. The summed E-state index contributed by atoms with van der Waals surface area (Å²) >= 11 is 9.46. The van der Waals surface area contributed by atoms with E-state index in [0.717, 1.165) is 23.1 Å². The molecule has 2 heterocycles. The highest BCUT2D eigenvalue weighted by Crippen LogP contribution is 2.29. The highest BCUT2D eigenvalue weighted by molar-refractivity contribution is 9.10. The number of benzene rings is 1. The number of nitriles is 1. The first-order valence-electron chi connectivity index (χ1n) is 6.89. The highest BCUT2D eigenvalue weighted by atomic mass is 79.9. The summed E-state index contributed by atoms with van der Waals surface area (Å²) < 4.78 is 6.78. The van der Waals surface area contributed by atoms with E-state index in [2.05, 4.69) is 31.9 Å². The molecule has 1 fully saturated rings. The fraction of sp³-hybridized carbons (Fsp3) is 0.250. The van der Waals surface area contributed by atoms with E-state index in [9.17, 15) is 5.26 Å². The molecule has 6 heteroatoms. The highest BCUT2D eigenvalue weighted by Gasteiger charge is 2.26. The second kappa shape index (κ2) is 6.55. The summed E-state index contributed by atoms with van der Waals surface area (Å²) in [5.74, 6) is 0.465. The molecule has 0 unspecified atom stereocenters. The van der Waals surface area contributed by atoms with Crippen LogP contribution in [0.3, 0.4) is 0 Å². The van der Waals surface area contributed by atoms with Gasteiger partial charge in [0.2, 0.25) is 5.88 Å². The van der Waals surface area contributed by atoms with Crippen LogP contribution in [0, 0.1) is 11.3 Å². The van der Waals surface area contributed by atoms with Gasteiger partial charge in [-0.1, -0.05) is 27.5 Å². The number of hydrogen-bond donors (Lipinski definition) is 0. The third-order valence-corrected chi connectivity index (χ3v) is 4.35. The van der Waals surface area contributed by atoms with Gasteiger partial charge in [-0.2, -0.15) is 5.26 Å². The van der Waals surface area contributed by atoms with Crippen LogP contribution in [0.5, 0.6) is 5.88 Å². The summed E-state index contributed by atoms with van der Waals surface area (Å²) in [6.07, 6.45) is 2.55. The monoisotopic (exact) mass is 377 g/mol. The van der Waals surface area contributed by atoms with Crippen molar-refractivity contribution in [1.82, 2.24) is 4.98 Å². The first-order valence-corrected chi connectivity index (χ1v) is 8.06. The minimum absolute atomic E-state index is 0.0163. The van der Waals surface area contributed by atoms with E-state index >= 15 is 0 Å². The van der Waals surface area contributed by atoms with Crippen molar-refractivity contribution in [2.75, 3.05) is 18.0 Å². The molecule has 1 aromatic heterocycles. The van der Waals surface area contributed by atoms with Crippen molar-refractivity contribution in [1.29, 1.82) is 5.26 Å². The third kappa shape index (κ3) is 3.18. The smallest absolute Gasteiger partial charge is 0.232 e. The molecule has 1 aliphatic rings. The van der Waals surface area contributed by atoms with Crippen molar-refractivity contribution >= 4 is 33.2 Å². The summed E-state index contributed by atoms with van der Waals surface area (Å²) in [6.45, 7) is 1.55. The van der Waals surface area contributed by atoms with Crippen LogP contribution in [0.1, 0.15) is 12.0 Å². The van der Waals surface area contributed by atoms with Crippen molar-refractivity contribution in [3.05, 3.63) is 51.6 Å². The van der Waals surface area contributed by atoms with Gasteiger partial charge in [-0.25, -0.2) is 4.98 Å². The van der Waals surface area contributed by atoms with Crippen LogP contribution in [0.2, 0.25) is 5.02 Å². The van der Waals surface area contributed by atoms with Crippen molar-refractivity contribution < 1.29 is 4.74 Å². The average Bonchev–Trinajstić information content (AvgIpc) is 2.98. The molecule has 2 aromatic rings. The number of ether oxygens (including phenoxy) is 1. The molecule has 1 aromatic carbocycles. The maximum absolute atomic E-state index is 9.28. The number of hydrogen-bond acceptors (Lipinski definition) is 4. The summed E-state index contributed by atoms with van der Waals surface area (Å²) in [5.41, 5.74) is 1.59. The first-order chi connectivity index (χ1) is 10.7. The van der Waals surface area contributed by atoms with Gasteiger partial charge in [-0.05, 0) is 30.3 Å². The van der Waals surface area contributed by atoms with Crippen LogP contribution < -0.4 is 9.64 Å². The predicted octanol–water partition coefficient (Wildman–Crippen LogP) is 4.03. The molecule has 1 atom stereocenters. The molecule has 0 aliphatic carbocycles. The number of halogens is 2. The lowest BCUT2D eigenvalue weighted by Crippen LogP contribution is -2.25. The van der Waals surface area contributed by atoms with Crippen LogP contribution in [0.4, 0.5) is 5.69 Å². The number of pyridine rings is 1. The number of anilines is 1. The van der Waals surface area contributed by atoms with Gasteiger partial charge in [0.15, 0.2) is 0 Å². The Hall–Kier alpha value is -1.77. The predicted molar refractivity (Wildman–Crippen MR) is 89.4 cm³/mol.